The van der Waals surface area contributed by atoms with Gasteiger partial charge in [0.15, 0.2) is 0 Å². The molecule has 0 fully saturated rings. The number of hydrogen-bond donors (Lipinski definition) is 1. The smallest absolute Gasteiger partial charge is 0.127 e. The normalized spacial score (nSPS) is 10.9. The predicted molar refractivity (Wildman–Crippen MR) is 52.3 cm³/mol. The standard InChI is InChI=1S/C8H8BrN3O/c9-6-2-1-3-7-8(6)10-11-12(7)4-5-13/h1-3,13H,4-5H2. The van der Waals surface area contributed by atoms with Gasteiger partial charge in [-0.3, -0.25) is 0 Å². The molecule has 0 saturated carbocycles. The van der Waals surface area contributed by atoms with E-state index in [2.05, 4.69) is 26.2 Å². The van der Waals surface area contributed by atoms with E-state index in [1.165, 1.54) is 0 Å². The first-order valence-corrected chi connectivity index (χ1v) is 4.71. The van der Waals surface area contributed by atoms with Crippen LogP contribution < -0.4 is 0 Å². The number of aromatic nitrogens is 3. The number of aliphatic hydroxyl groups is 1. The van der Waals surface area contributed by atoms with Crippen molar-refractivity contribution in [1.29, 1.82) is 0 Å². The van der Waals surface area contributed by atoms with E-state index in [-0.39, 0.29) is 6.61 Å². The lowest BCUT2D eigenvalue weighted by Gasteiger charge is -1.97. The van der Waals surface area contributed by atoms with Gasteiger partial charge in [0.25, 0.3) is 0 Å². The first-order chi connectivity index (χ1) is 6.33. The van der Waals surface area contributed by atoms with Gasteiger partial charge < -0.3 is 5.11 Å². The van der Waals surface area contributed by atoms with E-state index in [0.29, 0.717) is 6.54 Å². The number of fused-ring (bicyclic) bond motifs is 1. The Balaban J connectivity index is 2.61. The van der Waals surface area contributed by atoms with Crippen LogP contribution in [0.1, 0.15) is 0 Å². The van der Waals surface area contributed by atoms with Crippen LogP contribution in [0.2, 0.25) is 0 Å². The van der Waals surface area contributed by atoms with Gasteiger partial charge in [0.1, 0.15) is 5.52 Å². The molecule has 0 aliphatic heterocycles. The molecule has 0 atom stereocenters. The molecular formula is C8H8BrN3O. The van der Waals surface area contributed by atoms with Crippen molar-refractivity contribution in [2.24, 2.45) is 0 Å². The summed E-state index contributed by atoms with van der Waals surface area (Å²) >= 11 is 3.38. The molecule has 0 bridgehead atoms. The number of hydrogen-bond acceptors (Lipinski definition) is 3. The zero-order chi connectivity index (χ0) is 9.26. The molecule has 0 saturated heterocycles. The first-order valence-electron chi connectivity index (χ1n) is 3.91. The van der Waals surface area contributed by atoms with Gasteiger partial charge in [0, 0.05) is 4.47 Å². The second-order valence-corrected chi connectivity index (χ2v) is 3.50. The van der Waals surface area contributed by atoms with Gasteiger partial charge in [-0.1, -0.05) is 11.3 Å². The fraction of sp³-hybridized carbons (Fsp3) is 0.250. The minimum Gasteiger partial charge on any atom is -0.394 e. The van der Waals surface area contributed by atoms with Crippen molar-refractivity contribution in [2.75, 3.05) is 6.61 Å². The largest absolute Gasteiger partial charge is 0.394 e. The van der Waals surface area contributed by atoms with Crippen molar-refractivity contribution in [3.05, 3.63) is 22.7 Å². The molecule has 0 unspecified atom stereocenters. The van der Waals surface area contributed by atoms with Crippen LogP contribution in [0.5, 0.6) is 0 Å². The average molecular weight is 242 g/mol. The Morgan fingerprint density at radius 3 is 3.08 bits per heavy atom. The lowest BCUT2D eigenvalue weighted by atomic mass is 10.3. The third-order valence-electron chi connectivity index (χ3n) is 1.81. The number of nitrogens with zero attached hydrogens (tertiary/aromatic N) is 3. The van der Waals surface area contributed by atoms with Crippen LogP contribution in [0.4, 0.5) is 0 Å². The summed E-state index contributed by atoms with van der Waals surface area (Å²) in [5.41, 5.74) is 1.76. The molecule has 1 aromatic heterocycles. The van der Waals surface area contributed by atoms with Crippen LogP contribution in [-0.4, -0.2) is 26.7 Å². The van der Waals surface area contributed by atoms with Gasteiger partial charge in [-0.25, -0.2) is 4.68 Å². The maximum atomic E-state index is 8.77. The van der Waals surface area contributed by atoms with Crippen molar-refractivity contribution >= 4 is 27.0 Å². The summed E-state index contributed by atoms with van der Waals surface area (Å²) in [6.45, 7) is 0.553. The fourth-order valence-corrected chi connectivity index (χ4v) is 1.65. The van der Waals surface area contributed by atoms with Crippen LogP contribution in [-0.2, 0) is 6.54 Å². The molecular weight excluding hydrogens is 234 g/mol. The zero-order valence-electron chi connectivity index (χ0n) is 6.81. The zero-order valence-corrected chi connectivity index (χ0v) is 8.40. The van der Waals surface area contributed by atoms with E-state index in [0.717, 1.165) is 15.5 Å². The molecule has 68 valence electrons. The van der Waals surface area contributed by atoms with Gasteiger partial charge >= 0.3 is 0 Å². The summed E-state index contributed by atoms with van der Waals surface area (Å²) in [4.78, 5) is 0. The van der Waals surface area contributed by atoms with E-state index >= 15 is 0 Å². The molecule has 4 nitrogen and oxygen atoms in total. The number of rotatable bonds is 2. The highest BCUT2D eigenvalue weighted by atomic mass is 79.9. The second-order valence-electron chi connectivity index (χ2n) is 2.64. The summed E-state index contributed by atoms with van der Waals surface area (Å²) in [7, 11) is 0. The fourth-order valence-electron chi connectivity index (χ4n) is 1.22. The monoisotopic (exact) mass is 241 g/mol. The lowest BCUT2D eigenvalue weighted by Crippen LogP contribution is -2.03. The lowest BCUT2D eigenvalue weighted by molar-refractivity contribution is 0.270. The quantitative estimate of drug-likeness (QED) is 0.860. The van der Waals surface area contributed by atoms with E-state index < -0.39 is 0 Å². The highest BCUT2D eigenvalue weighted by molar-refractivity contribution is 9.10. The Kier molecular flexibility index (Phi) is 2.28. The molecule has 0 spiro atoms. The van der Waals surface area contributed by atoms with E-state index in [4.69, 9.17) is 5.11 Å². The number of halogens is 1. The molecule has 5 heteroatoms. The molecule has 0 radical (unpaired) electrons. The van der Waals surface area contributed by atoms with Gasteiger partial charge in [0.05, 0.1) is 18.7 Å². The maximum Gasteiger partial charge on any atom is 0.127 e. The van der Waals surface area contributed by atoms with Gasteiger partial charge in [-0.15, -0.1) is 5.10 Å². The van der Waals surface area contributed by atoms with Crippen molar-refractivity contribution in [1.82, 2.24) is 15.0 Å². The molecule has 1 N–H and O–H groups in total. The summed E-state index contributed by atoms with van der Waals surface area (Å²) in [6, 6.07) is 5.76. The average Bonchev–Trinajstić information content (AvgIpc) is 2.51. The Morgan fingerprint density at radius 1 is 1.46 bits per heavy atom. The predicted octanol–water partition coefficient (Wildman–Crippen LogP) is 1.19. The van der Waals surface area contributed by atoms with Crippen LogP contribution in [0.25, 0.3) is 11.0 Å². The molecule has 0 amide bonds. The molecule has 0 aliphatic rings. The third kappa shape index (κ3) is 1.45. The Morgan fingerprint density at radius 2 is 2.31 bits per heavy atom. The highest BCUT2D eigenvalue weighted by Crippen LogP contribution is 2.20. The molecule has 0 aliphatic carbocycles. The number of aliphatic hydroxyl groups excluding tert-OH is 1. The molecule has 1 heterocycles. The summed E-state index contributed by atoms with van der Waals surface area (Å²) in [5, 5.41) is 16.7. The minimum atomic E-state index is 0.0744. The number of benzene rings is 1. The summed E-state index contributed by atoms with van der Waals surface area (Å²) in [6.07, 6.45) is 0. The maximum absolute atomic E-state index is 8.77. The van der Waals surface area contributed by atoms with Crippen molar-refractivity contribution in [3.8, 4) is 0 Å². The summed E-state index contributed by atoms with van der Waals surface area (Å²) < 4.78 is 2.61. The second kappa shape index (κ2) is 3.43. The first kappa shape index (κ1) is 8.65. The van der Waals surface area contributed by atoms with E-state index in [9.17, 15) is 0 Å². The van der Waals surface area contributed by atoms with Crippen LogP contribution in [0, 0.1) is 0 Å². The molecule has 13 heavy (non-hydrogen) atoms. The Hall–Kier alpha value is -0.940. The van der Waals surface area contributed by atoms with Gasteiger partial charge in [-0.2, -0.15) is 0 Å². The van der Waals surface area contributed by atoms with Crippen LogP contribution in [0.3, 0.4) is 0 Å². The Labute approximate surface area is 83.3 Å². The van der Waals surface area contributed by atoms with E-state index in [1.807, 2.05) is 18.2 Å². The molecule has 1 aromatic carbocycles. The topological polar surface area (TPSA) is 50.9 Å². The van der Waals surface area contributed by atoms with Crippen molar-refractivity contribution in [2.45, 2.75) is 6.54 Å². The third-order valence-corrected chi connectivity index (χ3v) is 2.45. The van der Waals surface area contributed by atoms with Crippen molar-refractivity contribution < 1.29 is 5.11 Å². The van der Waals surface area contributed by atoms with E-state index in [1.54, 1.807) is 4.68 Å². The molecule has 2 aromatic rings. The van der Waals surface area contributed by atoms with Crippen molar-refractivity contribution in [3.63, 3.8) is 0 Å². The van der Waals surface area contributed by atoms with Gasteiger partial charge in [-0.05, 0) is 28.1 Å². The highest BCUT2D eigenvalue weighted by Gasteiger charge is 2.05. The molecule has 2 rings (SSSR count). The summed E-state index contributed by atoms with van der Waals surface area (Å²) in [5.74, 6) is 0. The minimum absolute atomic E-state index is 0.0744. The van der Waals surface area contributed by atoms with Crippen LogP contribution in [0.15, 0.2) is 22.7 Å². The van der Waals surface area contributed by atoms with Gasteiger partial charge in [0.2, 0.25) is 0 Å². The Bertz CT molecular complexity index is 426. The SMILES string of the molecule is OCCn1nnc2c(Br)cccc21. The van der Waals surface area contributed by atoms with Crippen LogP contribution >= 0.6 is 15.9 Å².